The standard InChI is InChI=1S/C19H13BrCl2N2O3S/c1-2-24-18(25)17(6-10-5-15-16(8-13(10)21)27-9-26-15)28-19(24)23-11-3-4-12(20)14(22)7-11/h3-8H,2,9H2,1H3/b17-6+,23-19?. The second kappa shape index (κ2) is 7.99. The van der Waals surface area contributed by atoms with E-state index in [9.17, 15) is 4.79 Å². The number of thioether (sulfide) groups is 1. The number of carbonyl (C=O) groups excluding carboxylic acids is 1. The molecule has 0 bridgehead atoms. The topological polar surface area (TPSA) is 51.1 Å². The van der Waals surface area contributed by atoms with E-state index in [4.69, 9.17) is 32.7 Å². The van der Waals surface area contributed by atoms with Crippen LogP contribution in [0.5, 0.6) is 11.5 Å². The predicted molar refractivity (Wildman–Crippen MR) is 117 cm³/mol. The first-order valence-corrected chi connectivity index (χ1v) is 10.7. The van der Waals surface area contributed by atoms with Gasteiger partial charge in [0.25, 0.3) is 5.91 Å². The Balaban J connectivity index is 1.68. The molecule has 144 valence electrons. The number of likely N-dealkylation sites (N-methyl/N-ethyl adjacent to an activating group) is 1. The maximum absolute atomic E-state index is 12.8. The zero-order chi connectivity index (χ0) is 19.8. The molecule has 0 atom stereocenters. The van der Waals surface area contributed by atoms with Gasteiger partial charge < -0.3 is 9.47 Å². The van der Waals surface area contributed by atoms with Gasteiger partial charge in [0.2, 0.25) is 6.79 Å². The fourth-order valence-electron chi connectivity index (χ4n) is 2.72. The van der Waals surface area contributed by atoms with Crippen molar-refractivity contribution >= 4 is 73.7 Å². The van der Waals surface area contributed by atoms with Gasteiger partial charge in [-0.25, -0.2) is 4.99 Å². The summed E-state index contributed by atoms with van der Waals surface area (Å²) >= 11 is 17.1. The van der Waals surface area contributed by atoms with E-state index in [1.54, 1.807) is 29.2 Å². The molecule has 9 heteroatoms. The van der Waals surface area contributed by atoms with Crippen LogP contribution in [-0.2, 0) is 4.79 Å². The third-order valence-electron chi connectivity index (χ3n) is 4.11. The zero-order valence-corrected chi connectivity index (χ0v) is 18.5. The van der Waals surface area contributed by atoms with E-state index in [-0.39, 0.29) is 12.7 Å². The largest absolute Gasteiger partial charge is 0.454 e. The van der Waals surface area contributed by atoms with Gasteiger partial charge in [0, 0.05) is 17.1 Å². The molecule has 4 rings (SSSR count). The minimum Gasteiger partial charge on any atom is -0.454 e. The Labute approximate surface area is 184 Å². The van der Waals surface area contributed by atoms with Gasteiger partial charge in [-0.3, -0.25) is 9.69 Å². The average Bonchev–Trinajstić information content (AvgIpc) is 3.22. The second-order valence-corrected chi connectivity index (χ2v) is 8.56. The lowest BCUT2D eigenvalue weighted by molar-refractivity contribution is -0.122. The van der Waals surface area contributed by atoms with Crippen LogP contribution in [0.1, 0.15) is 12.5 Å². The maximum Gasteiger partial charge on any atom is 0.266 e. The highest BCUT2D eigenvalue weighted by Gasteiger charge is 2.32. The van der Waals surface area contributed by atoms with Crippen molar-refractivity contribution < 1.29 is 14.3 Å². The molecular weight excluding hydrogens is 487 g/mol. The highest BCUT2D eigenvalue weighted by molar-refractivity contribution is 9.10. The molecule has 2 aliphatic rings. The van der Waals surface area contributed by atoms with E-state index in [1.807, 2.05) is 19.1 Å². The van der Waals surface area contributed by atoms with Crippen LogP contribution in [0, 0.1) is 0 Å². The molecule has 1 fully saturated rings. The van der Waals surface area contributed by atoms with E-state index >= 15 is 0 Å². The number of fused-ring (bicyclic) bond motifs is 1. The first-order valence-electron chi connectivity index (χ1n) is 8.30. The van der Waals surface area contributed by atoms with Crippen LogP contribution in [0.3, 0.4) is 0 Å². The average molecular weight is 500 g/mol. The van der Waals surface area contributed by atoms with Crippen LogP contribution in [0.2, 0.25) is 10.0 Å². The lowest BCUT2D eigenvalue weighted by atomic mass is 10.2. The molecule has 1 amide bonds. The summed E-state index contributed by atoms with van der Waals surface area (Å²) < 4.78 is 11.5. The summed E-state index contributed by atoms with van der Waals surface area (Å²) in [5.74, 6) is 1.09. The first kappa shape index (κ1) is 19.6. The number of aliphatic imine (C=N–C) groups is 1. The predicted octanol–water partition coefficient (Wildman–Crippen LogP) is 6.11. The molecule has 0 saturated carbocycles. The van der Waals surface area contributed by atoms with Crippen molar-refractivity contribution in [1.82, 2.24) is 4.90 Å². The normalized spacial score (nSPS) is 18.6. The van der Waals surface area contributed by atoms with Crippen LogP contribution in [-0.4, -0.2) is 29.3 Å². The molecule has 1 saturated heterocycles. The van der Waals surface area contributed by atoms with Gasteiger partial charge in [-0.2, -0.15) is 0 Å². The highest BCUT2D eigenvalue weighted by atomic mass is 79.9. The van der Waals surface area contributed by atoms with Crippen LogP contribution in [0.15, 0.2) is 44.7 Å². The zero-order valence-electron chi connectivity index (χ0n) is 14.5. The number of halogens is 3. The Morgan fingerprint density at radius 2 is 1.96 bits per heavy atom. The molecule has 2 aliphatic heterocycles. The summed E-state index contributed by atoms with van der Waals surface area (Å²) in [5, 5.41) is 1.63. The number of ether oxygens (including phenoxy) is 2. The monoisotopic (exact) mass is 498 g/mol. The van der Waals surface area contributed by atoms with Gasteiger partial charge >= 0.3 is 0 Å². The maximum atomic E-state index is 12.8. The molecular formula is C19H13BrCl2N2O3S. The van der Waals surface area contributed by atoms with Gasteiger partial charge in [0.05, 0.1) is 20.6 Å². The third-order valence-corrected chi connectivity index (χ3v) is 6.68. The molecule has 0 spiro atoms. The third kappa shape index (κ3) is 3.76. The van der Waals surface area contributed by atoms with Crippen molar-refractivity contribution in [3.05, 3.63) is 55.3 Å². The van der Waals surface area contributed by atoms with E-state index in [0.29, 0.717) is 49.4 Å². The summed E-state index contributed by atoms with van der Waals surface area (Å²) in [7, 11) is 0. The number of amides is 1. The molecule has 2 aromatic rings. The van der Waals surface area contributed by atoms with Crippen LogP contribution in [0.4, 0.5) is 5.69 Å². The summed E-state index contributed by atoms with van der Waals surface area (Å²) in [6, 6.07) is 8.86. The van der Waals surface area contributed by atoms with Gasteiger partial charge in [-0.1, -0.05) is 23.2 Å². The van der Waals surface area contributed by atoms with Crippen LogP contribution in [0.25, 0.3) is 6.08 Å². The Bertz CT molecular complexity index is 1040. The summed E-state index contributed by atoms with van der Waals surface area (Å²) in [6.45, 7) is 2.57. The number of carbonyl (C=O) groups is 1. The molecule has 0 N–H and O–H groups in total. The Hall–Kier alpha value is -1.67. The van der Waals surface area contributed by atoms with Crippen molar-refractivity contribution in [3.63, 3.8) is 0 Å². The van der Waals surface area contributed by atoms with E-state index in [0.717, 1.165) is 4.47 Å². The first-order chi connectivity index (χ1) is 13.5. The second-order valence-electron chi connectivity index (χ2n) is 5.88. The molecule has 2 heterocycles. The number of hydrogen-bond donors (Lipinski definition) is 0. The molecule has 28 heavy (non-hydrogen) atoms. The fourth-order valence-corrected chi connectivity index (χ4v) is 4.40. The minimum atomic E-state index is -0.122. The van der Waals surface area contributed by atoms with Gasteiger partial charge in [-0.05, 0) is 70.5 Å². The fraction of sp³-hybridized carbons (Fsp3) is 0.158. The van der Waals surface area contributed by atoms with Crippen molar-refractivity contribution in [3.8, 4) is 11.5 Å². The number of rotatable bonds is 3. The number of amidine groups is 1. The lowest BCUT2D eigenvalue weighted by Gasteiger charge is -2.12. The van der Waals surface area contributed by atoms with Crippen LogP contribution < -0.4 is 9.47 Å². The minimum absolute atomic E-state index is 0.122. The SMILES string of the molecule is CCN1C(=O)/C(=C\c2cc3c(cc2Cl)OCO3)SC1=Nc1ccc(Br)c(Cl)c1. The molecule has 2 aromatic carbocycles. The molecule has 5 nitrogen and oxygen atoms in total. The van der Waals surface area contributed by atoms with Gasteiger partial charge in [0.1, 0.15) is 0 Å². The summed E-state index contributed by atoms with van der Waals surface area (Å²) in [6.07, 6.45) is 1.75. The van der Waals surface area contributed by atoms with Crippen molar-refractivity contribution in [2.24, 2.45) is 4.99 Å². The van der Waals surface area contributed by atoms with Gasteiger partial charge in [-0.15, -0.1) is 0 Å². The van der Waals surface area contributed by atoms with Crippen molar-refractivity contribution in [2.75, 3.05) is 13.3 Å². The quantitative estimate of drug-likeness (QED) is 0.478. The van der Waals surface area contributed by atoms with Crippen molar-refractivity contribution in [2.45, 2.75) is 6.92 Å². The van der Waals surface area contributed by atoms with Crippen LogP contribution >= 0.6 is 50.9 Å². The Morgan fingerprint density at radius 1 is 1.21 bits per heavy atom. The smallest absolute Gasteiger partial charge is 0.266 e. The summed E-state index contributed by atoms with van der Waals surface area (Å²) in [4.78, 5) is 19.6. The molecule has 0 unspecified atom stereocenters. The van der Waals surface area contributed by atoms with E-state index < -0.39 is 0 Å². The molecule has 0 aliphatic carbocycles. The molecule has 0 aromatic heterocycles. The van der Waals surface area contributed by atoms with Gasteiger partial charge in [0.15, 0.2) is 16.7 Å². The Morgan fingerprint density at radius 3 is 2.68 bits per heavy atom. The lowest BCUT2D eigenvalue weighted by Crippen LogP contribution is -2.28. The summed E-state index contributed by atoms with van der Waals surface area (Å²) in [5.41, 5.74) is 1.36. The van der Waals surface area contributed by atoms with E-state index in [2.05, 4.69) is 20.9 Å². The number of nitrogens with zero attached hydrogens (tertiary/aromatic N) is 2. The van der Waals surface area contributed by atoms with Crippen molar-refractivity contribution in [1.29, 1.82) is 0 Å². The van der Waals surface area contributed by atoms with E-state index in [1.165, 1.54) is 11.8 Å². The highest BCUT2D eigenvalue weighted by Crippen LogP contribution is 2.40. The Kier molecular flexibility index (Phi) is 5.60. The number of benzene rings is 2. The number of hydrogen-bond acceptors (Lipinski definition) is 5. The molecule has 0 radical (unpaired) electrons.